The second-order valence-electron chi connectivity index (χ2n) is 3.63. The Hall–Kier alpha value is -0.830. The monoisotopic (exact) mass is 168 g/mol. The van der Waals surface area contributed by atoms with Crippen LogP contribution in [0.2, 0.25) is 0 Å². The third kappa shape index (κ3) is 2.34. The van der Waals surface area contributed by atoms with Crippen molar-refractivity contribution in [3.05, 3.63) is 18.0 Å². The average Bonchev–Trinajstić information content (AvgIpc) is 2.31. The summed E-state index contributed by atoms with van der Waals surface area (Å²) in [7, 11) is 0. The zero-order chi connectivity index (χ0) is 9.19. The molecule has 1 heterocycles. The summed E-state index contributed by atoms with van der Waals surface area (Å²) in [5.41, 5.74) is 0.442. The molecule has 0 saturated carbocycles. The maximum atomic E-state index is 9.57. The van der Waals surface area contributed by atoms with E-state index in [1.807, 2.05) is 17.7 Å². The largest absolute Gasteiger partial charge is 0.390 e. The summed E-state index contributed by atoms with van der Waals surface area (Å²) in [6.07, 6.45) is 2.42. The predicted octanol–water partition coefficient (Wildman–Crippen LogP) is 1.22. The van der Waals surface area contributed by atoms with Crippen molar-refractivity contribution in [2.24, 2.45) is 0 Å². The summed E-state index contributed by atoms with van der Waals surface area (Å²) in [6, 6.07) is 1.95. The van der Waals surface area contributed by atoms with Gasteiger partial charge in [0.15, 0.2) is 0 Å². The van der Waals surface area contributed by atoms with E-state index in [-0.39, 0.29) is 0 Å². The number of hydrogen-bond acceptors (Lipinski definition) is 2. The fraction of sp³-hybridized carbons (Fsp3) is 0.667. The van der Waals surface area contributed by atoms with Crippen molar-refractivity contribution in [2.75, 3.05) is 0 Å². The van der Waals surface area contributed by atoms with Gasteiger partial charge in [-0.15, -0.1) is 0 Å². The SMILES string of the molecule is CCn1nccc1CC(C)(C)O. The summed E-state index contributed by atoms with van der Waals surface area (Å²) < 4.78 is 1.90. The third-order valence-corrected chi connectivity index (χ3v) is 1.72. The van der Waals surface area contributed by atoms with Crippen LogP contribution in [0, 0.1) is 0 Å². The molecule has 1 aromatic rings. The molecule has 1 aromatic heterocycles. The van der Waals surface area contributed by atoms with Gasteiger partial charge in [0.25, 0.3) is 0 Å². The fourth-order valence-electron chi connectivity index (χ4n) is 1.24. The van der Waals surface area contributed by atoms with Crippen molar-refractivity contribution in [3.63, 3.8) is 0 Å². The van der Waals surface area contributed by atoms with Crippen LogP contribution in [0.1, 0.15) is 26.5 Å². The lowest BCUT2D eigenvalue weighted by Gasteiger charge is -2.17. The summed E-state index contributed by atoms with van der Waals surface area (Å²) >= 11 is 0. The first-order valence-electron chi connectivity index (χ1n) is 4.26. The number of aromatic nitrogens is 2. The summed E-state index contributed by atoms with van der Waals surface area (Å²) in [4.78, 5) is 0. The Morgan fingerprint density at radius 1 is 1.58 bits per heavy atom. The van der Waals surface area contributed by atoms with Gasteiger partial charge < -0.3 is 5.11 Å². The van der Waals surface area contributed by atoms with Gasteiger partial charge in [-0.2, -0.15) is 5.10 Å². The minimum atomic E-state index is -0.646. The molecule has 0 fully saturated rings. The normalized spacial score (nSPS) is 12.0. The molecule has 0 saturated heterocycles. The first-order chi connectivity index (χ1) is 5.53. The second-order valence-corrected chi connectivity index (χ2v) is 3.63. The number of nitrogens with zero attached hydrogens (tertiary/aromatic N) is 2. The van der Waals surface area contributed by atoms with Crippen LogP contribution in [0.25, 0.3) is 0 Å². The molecule has 1 N–H and O–H groups in total. The Balaban J connectivity index is 2.75. The van der Waals surface area contributed by atoms with Crippen LogP contribution in [0.3, 0.4) is 0 Å². The van der Waals surface area contributed by atoms with Crippen LogP contribution in [-0.2, 0) is 13.0 Å². The molecule has 12 heavy (non-hydrogen) atoms. The molecule has 0 aliphatic heterocycles. The zero-order valence-corrected chi connectivity index (χ0v) is 7.91. The van der Waals surface area contributed by atoms with Crippen LogP contribution < -0.4 is 0 Å². The maximum Gasteiger partial charge on any atom is 0.0646 e. The van der Waals surface area contributed by atoms with E-state index in [4.69, 9.17) is 0 Å². The van der Waals surface area contributed by atoms with Gasteiger partial charge in [0.2, 0.25) is 0 Å². The molecule has 3 heteroatoms. The quantitative estimate of drug-likeness (QED) is 0.736. The Labute approximate surface area is 73.0 Å². The summed E-state index contributed by atoms with van der Waals surface area (Å²) in [6.45, 7) is 6.51. The summed E-state index contributed by atoms with van der Waals surface area (Å²) in [5.74, 6) is 0. The number of aryl methyl sites for hydroxylation is 1. The maximum absolute atomic E-state index is 9.57. The van der Waals surface area contributed by atoms with Crippen molar-refractivity contribution in [3.8, 4) is 0 Å². The Kier molecular flexibility index (Phi) is 2.52. The van der Waals surface area contributed by atoms with E-state index >= 15 is 0 Å². The van der Waals surface area contributed by atoms with Crippen molar-refractivity contribution in [1.82, 2.24) is 9.78 Å². The summed E-state index contributed by atoms with van der Waals surface area (Å²) in [5, 5.41) is 13.7. The van der Waals surface area contributed by atoms with Crippen molar-refractivity contribution in [1.29, 1.82) is 0 Å². The Morgan fingerprint density at radius 2 is 2.25 bits per heavy atom. The lowest BCUT2D eigenvalue weighted by atomic mass is 10.0. The van der Waals surface area contributed by atoms with Gasteiger partial charge in [-0.25, -0.2) is 0 Å². The highest BCUT2D eigenvalue weighted by molar-refractivity contribution is 5.03. The van der Waals surface area contributed by atoms with Gasteiger partial charge in [-0.1, -0.05) is 0 Å². The molecular formula is C9H16N2O. The Bertz CT molecular complexity index is 247. The third-order valence-electron chi connectivity index (χ3n) is 1.72. The first-order valence-corrected chi connectivity index (χ1v) is 4.26. The standard InChI is InChI=1S/C9H16N2O/c1-4-11-8(5-6-10-11)7-9(2,3)12/h5-6,12H,4,7H2,1-3H3. The molecule has 0 spiro atoms. The van der Waals surface area contributed by atoms with Crippen LogP contribution in [0.4, 0.5) is 0 Å². The molecule has 0 aliphatic carbocycles. The van der Waals surface area contributed by atoms with E-state index in [1.54, 1.807) is 20.0 Å². The van der Waals surface area contributed by atoms with Gasteiger partial charge in [0.05, 0.1) is 5.60 Å². The van der Waals surface area contributed by atoms with E-state index in [9.17, 15) is 5.11 Å². The van der Waals surface area contributed by atoms with Crippen LogP contribution in [-0.4, -0.2) is 20.5 Å². The zero-order valence-electron chi connectivity index (χ0n) is 7.91. The molecule has 3 nitrogen and oxygen atoms in total. The van der Waals surface area contributed by atoms with Gasteiger partial charge in [-0.3, -0.25) is 4.68 Å². The minimum absolute atomic E-state index is 0.646. The molecule has 0 aliphatic rings. The van der Waals surface area contributed by atoms with Gasteiger partial charge in [-0.05, 0) is 26.8 Å². The van der Waals surface area contributed by atoms with Crippen LogP contribution in [0.5, 0.6) is 0 Å². The lowest BCUT2D eigenvalue weighted by Crippen LogP contribution is -2.23. The molecule has 0 radical (unpaired) electrons. The van der Waals surface area contributed by atoms with Crippen molar-refractivity contribution in [2.45, 2.75) is 39.3 Å². The van der Waals surface area contributed by atoms with Crippen molar-refractivity contribution >= 4 is 0 Å². The molecule has 0 aromatic carbocycles. The van der Waals surface area contributed by atoms with Crippen molar-refractivity contribution < 1.29 is 5.11 Å². The van der Waals surface area contributed by atoms with Gasteiger partial charge in [0, 0.05) is 24.9 Å². The molecule has 1 rings (SSSR count). The highest BCUT2D eigenvalue weighted by Gasteiger charge is 2.15. The molecule has 0 unspecified atom stereocenters. The van der Waals surface area contributed by atoms with Gasteiger partial charge in [0.1, 0.15) is 0 Å². The van der Waals surface area contributed by atoms with Crippen LogP contribution >= 0.6 is 0 Å². The topological polar surface area (TPSA) is 38.0 Å². The lowest BCUT2D eigenvalue weighted by molar-refractivity contribution is 0.0787. The van der Waals surface area contributed by atoms with E-state index in [0.717, 1.165) is 12.2 Å². The molecule has 0 atom stereocenters. The van der Waals surface area contributed by atoms with E-state index in [1.165, 1.54) is 0 Å². The molecule has 68 valence electrons. The minimum Gasteiger partial charge on any atom is -0.390 e. The second kappa shape index (κ2) is 3.27. The number of rotatable bonds is 3. The molecule has 0 bridgehead atoms. The Morgan fingerprint density at radius 3 is 2.75 bits per heavy atom. The fourth-order valence-corrected chi connectivity index (χ4v) is 1.24. The molecule has 0 amide bonds. The number of hydrogen-bond donors (Lipinski definition) is 1. The van der Waals surface area contributed by atoms with E-state index < -0.39 is 5.60 Å². The van der Waals surface area contributed by atoms with Crippen LogP contribution in [0.15, 0.2) is 12.3 Å². The van der Waals surface area contributed by atoms with Gasteiger partial charge >= 0.3 is 0 Å². The van der Waals surface area contributed by atoms with E-state index in [2.05, 4.69) is 5.10 Å². The number of aliphatic hydroxyl groups is 1. The smallest absolute Gasteiger partial charge is 0.0646 e. The molecular weight excluding hydrogens is 152 g/mol. The van der Waals surface area contributed by atoms with E-state index in [0.29, 0.717) is 6.42 Å². The highest BCUT2D eigenvalue weighted by atomic mass is 16.3. The highest BCUT2D eigenvalue weighted by Crippen LogP contribution is 2.11. The first kappa shape index (κ1) is 9.26. The average molecular weight is 168 g/mol. The predicted molar refractivity (Wildman–Crippen MR) is 47.9 cm³/mol.